The summed E-state index contributed by atoms with van der Waals surface area (Å²) in [4.78, 5) is 18.7. The Hall–Kier alpha value is -1.49. The molecule has 1 saturated heterocycles. The molecule has 0 saturated carbocycles. The first-order chi connectivity index (χ1) is 8.99. The first kappa shape index (κ1) is 13.9. The molecule has 2 N–H and O–H groups in total. The quantitative estimate of drug-likeness (QED) is 0.838. The molecule has 0 spiro atoms. The van der Waals surface area contributed by atoms with E-state index in [1.165, 1.54) is 0 Å². The van der Waals surface area contributed by atoms with Crippen LogP contribution in [0, 0.1) is 11.8 Å². The summed E-state index contributed by atoms with van der Waals surface area (Å²) in [5, 5.41) is 0. The fourth-order valence-corrected chi connectivity index (χ4v) is 2.40. The maximum atomic E-state index is 12.3. The summed E-state index contributed by atoms with van der Waals surface area (Å²) < 4.78 is 0. The van der Waals surface area contributed by atoms with Gasteiger partial charge in [-0.2, -0.15) is 0 Å². The molecule has 1 aliphatic heterocycles. The van der Waals surface area contributed by atoms with Crippen LogP contribution in [0.4, 0.5) is 0 Å². The monoisotopic (exact) mass is 277 g/mol. The standard InChI is InChI=1S/C14H19N3OS/c1-9-5-6-17(8-10(9)2)14(18)12-4-3-11(7-16-12)13(15)19/h3-4,7,9-10H,5-6,8H2,1-2H3,(H2,15,19). The zero-order valence-electron chi connectivity index (χ0n) is 11.3. The Bertz CT molecular complexity index is 486. The van der Waals surface area contributed by atoms with Crippen LogP contribution in [-0.4, -0.2) is 33.9 Å². The molecule has 1 aliphatic rings. The predicted octanol–water partition coefficient (Wildman–Crippen LogP) is 1.83. The van der Waals surface area contributed by atoms with Crippen LogP contribution in [0.15, 0.2) is 18.3 Å². The number of piperidine rings is 1. The van der Waals surface area contributed by atoms with Crippen LogP contribution in [0.25, 0.3) is 0 Å². The van der Waals surface area contributed by atoms with E-state index >= 15 is 0 Å². The van der Waals surface area contributed by atoms with Crippen molar-refractivity contribution in [2.24, 2.45) is 17.6 Å². The van der Waals surface area contributed by atoms with Gasteiger partial charge in [-0.15, -0.1) is 0 Å². The van der Waals surface area contributed by atoms with Crippen LogP contribution < -0.4 is 5.73 Å². The Morgan fingerprint density at radius 1 is 1.42 bits per heavy atom. The molecule has 1 aromatic rings. The van der Waals surface area contributed by atoms with Crippen molar-refractivity contribution in [1.29, 1.82) is 0 Å². The number of hydrogen-bond acceptors (Lipinski definition) is 3. The average molecular weight is 277 g/mol. The van der Waals surface area contributed by atoms with Gasteiger partial charge in [0.25, 0.3) is 5.91 Å². The van der Waals surface area contributed by atoms with Gasteiger partial charge >= 0.3 is 0 Å². The van der Waals surface area contributed by atoms with Gasteiger partial charge in [0.15, 0.2) is 0 Å². The van der Waals surface area contributed by atoms with Crippen LogP contribution >= 0.6 is 12.2 Å². The van der Waals surface area contributed by atoms with E-state index in [2.05, 4.69) is 18.8 Å². The van der Waals surface area contributed by atoms with Crippen molar-refractivity contribution in [3.05, 3.63) is 29.6 Å². The highest BCUT2D eigenvalue weighted by Crippen LogP contribution is 2.23. The van der Waals surface area contributed by atoms with Gasteiger partial charge in [0.2, 0.25) is 0 Å². The minimum atomic E-state index is -0.00626. The van der Waals surface area contributed by atoms with Crippen molar-refractivity contribution in [3.8, 4) is 0 Å². The topological polar surface area (TPSA) is 59.2 Å². The average Bonchev–Trinajstić information content (AvgIpc) is 2.41. The van der Waals surface area contributed by atoms with Gasteiger partial charge in [0.1, 0.15) is 10.7 Å². The fraction of sp³-hybridized carbons (Fsp3) is 0.500. The lowest BCUT2D eigenvalue weighted by atomic mass is 9.88. The van der Waals surface area contributed by atoms with Crippen LogP contribution in [0.5, 0.6) is 0 Å². The van der Waals surface area contributed by atoms with E-state index in [-0.39, 0.29) is 5.91 Å². The maximum absolute atomic E-state index is 12.3. The first-order valence-electron chi connectivity index (χ1n) is 6.54. The number of pyridine rings is 1. The highest BCUT2D eigenvalue weighted by atomic mass is 32.1. The molecule has 0 aromatic carbocycles. The number of thiocarbonyl (C=S) groups is 1. The maximum Gasteiger partial charge on any atom is 0.272 e. The molecule has 2 atom stereocenters. The number of rotatable bonds is 2. The number of aromatic nitrogens is 1. The van der Waals surface area contributed by atoms with Crippen LogP contribution in [0.1, 0.15) is 36.3 Å². The molecule has 1 amide bonds. The van der Waals surface area contributed by atoms with Crippen molar-refractivity contribution < 1.29 is 4.79 Å². The third-order valence-electron chi connectivity index (χ3n) is 3.89. The van der Waals surface area contributed by atoms with E-state index in [1.807, 2.05) is 4.90 Å². The van der Waals surface area contributed by atoms with Gasteiger partial charge in [-0.1, -0.05) is 26.1 Å². The second kappa shape index (κ2) is 5.65. The number of hydrogen-bond donors (Lipinski definition) is 1. The van der Waals surface area contributed by atoms with Crippen molar-refractivity contribution >= 4 is 23.1 Å². The summed E-state index contributed by atoms with van der Waals surface area (Å²) in [5.41, 5.74) is 6.66. The minimum absolute atomic E-state index is 0.00626. The Balaban J connectivity index is 2.09. The summed E-state index contributed by atoms with van der Waals surface area (Å²) in [5.74, 6) is 1.20. The van der Waals surface area contributed by atoms with Gasteiger partial charge in [0.05, 0.1) is 0 Å². The van der Waals surface area contributed by atoms with Gasteiger partial charge in [-0.05, 0) is 30.4 Å². The van der Waals surface area contributed by atoms with Gasteiger partial charge in [-0.25, -0.2) is 0 Å². The molecular weight excluding hydrogens is 258 g/mol. The molecule has 19 heavy (non-hydrogen) atoms. The van der Waals surface area contributed by atoms with E-state index in [4.69, 9.17) is 18.0 Å². The van der Waals surface area contributed by atoms with Crippen LogP contribution in [-0.2, 0) is 0 Å². The van der Waals surface area contributed by atoms with E-state index < -0.39 is 0 Å². The number of carbonyl (C=O) groups is 1. The molecule has 2 rings (SSSR count). The number of carbonyl (C=O) groups excluding carboxylic acids is 1. The summed E-state index contributed by atoms with van der Waals surface area (Å²) in [6, 6.07) is 3.44. The second-order valence-electron chi connectivity index (χ2n) is 5.29. The minimum Gasteiger partial charge on any atom is -0.389 e. The van der Waals surface area contributed by atoms with E-state index in [9.17, 15) is 4.79 Å². The van der Waals surface area contributed by atoms with Crippen molar-refractivity contribution in [1.82, 2.24) is 9.88 Å². The first-order valence-corrected chi connectivity index (χ1v) is 6.95. The Labute approximate surface area is 119 Å². The molecule has 4 nitrogen and oxygen atoms in total. The van der Waals surface area contributed by atoms with Crippen molar-refractivity contribution in [2.45, 2.75) is 20.3 Å². The number of amides is 1. The molecule has 1 aromatic heterocycles. The molecular formula is C14H19N3OS. The predicted molar refractivity (Wildman–Crippen MR) is 79.0 cm³/mol. The molecule has 0 radical (unpaired) electrons. The van der Waals surface area contributed by atoms with Gasteiger partial charge in [0, 0.05) is 24.8 Å². The highest BCUT2D eigenvalue weighted by molar-refractivity contribution is 7.80. The lowest BCUT2D eigenvalue weighted by Crippen LogP contribution is -2.42. The smallest absolute Gasteiger partial charge is 0.272 e. The van der Waals surface area contributed by atoms with Gasteiger partial charge in [-0.3, -0.25) is 9.78 Å². The molecule has 2 heterocycles. The summed E-state index contributed by atoms with van der Waals surface area (Å²) in [6.07, 6.45) is 2.61. The number of nitrogens with zero attached hydrogens (tertiary/aromatic N) is 2. The molecule has 0 bridgehead atoms. The number of likely N-dealkylation sites (tertiary alicyclic amines) is 1. The lowest BCUT2D eigenvalue weighted by Gasteiger charge is -2.35. The number of nitrogens with two attached hydrogens (primary N) is 1. The Morgan fingerprint density at radius 3 is 2.68 bits per heavy atom. The molecule has 5 heteroatoms. The zero-order valence-corrected chi connectivity index (χ0v) is 12.1. The lowest BCUT2D eigenvalue weighted by molar-refractivity contribution is 0.0621. The normalized spacial score (nSPS) is 23.2. The largest absolute Gasteiger partial charge is 0.389 e. The zero-order chi connectivity index (χ0) is 14.0. The Kier molecular flexibility index (Phi) is 4.14. The van der Waals surface area contributed by atoms with Crippen molar-refractivity contribution in [2.75, 3.05) is 13.1 Å². The van der Waals surface area contributed by atoms with E-state index in [1.54, 1.807) is 18.3 Å². The summed E-state index contributed by atoms with van der Waals surface area (Å²) in [6.45, 7) is 6.04. The second-order valence-corrected chi connectivity index (χ2v) is 5.73. The van der Waals surface area contributed by atoms with Crippen molar-refractivity contribution in [3.63, 3.8) is 0 Å². The fourth-order valence-electron chi connectivity index (χ4n) is 2.28. The summed E-state index contributed by atoms with van der Waals surface area (Å²) in [7, 11) is 0. The molecule has 1 fully saturated rings. The van der Waals surface area contributed by atoms with E-state index in [0.29, 0.717) is 28.1 Å². The molecule has 2 unspecified atom stereocenters. The van der Waals surface area contributed by atoms with Crippen LogP contribution in [0.3, 0.4) is 0 Å². The third kappa shape index (κ3) is 3.10. The molecule has 0 aliphatic carbocycles. The van der Waals surface area contributed by atoms with Gasteiger partial charge < -0.3 is 10.6 Å². The Morgan fingerprint density at radius 2 is 2.16 bits per heavy atom. The van der Waals surface area contributed by atoms with Crippen LogP contribution in [0.2, 0.25) is 0 Å². The third-order valence-corrected chi connectivity index (χ3v) is 4.12. The SMILES string of the molecule is CC1CCN(C(=O)c2ccc(C(N)=S)cn2)CC1C. The highest BCUT2D eigenvalue weighted by Gasteiger charge is 2.26. The van der Waals surface area contributed by atoms with E-state index in [0.717, 1.165) is 19.5 Å². The molecule has 102 valence electrons. The summed E-state index contributed by atoms with van der Waals surface area (Å²) >= 11 is 4.87.